The molecule has 1 aromatic rings. The minimum Gasteiger partial charge on any atom is -0.490 e. The van der Waals surface area contributed by atoms with E-state index >= 15 is 0 Å². The van der Waals surface area contributed by atoms with Crippen molar-refractivity contribution in [3.05, 3.63) is 30.1 Å². The number of ether oxygens (including phenoxy) is 1. The molecule has 1 fully saturated rings. The summed E-state index contributed by atoms with van der Waals surface area (Å²) in [6.45, 7) is 4.16. The lowest BCUT2D eigenvalue weighted by atomic mass is 9.98. The summed E-state index contributed by atoms with van der Waals surface area (Å²) >= 11 is 0. The van der Waals surface area contributed by atoms with Crippen LogP contribution in [0.3, 0.4) is 0 Å². The highest BCUT2D eigenvalue weighted by Gasteiger charge is 2.22. The minimum atomic E-state index is -0.222. The molecule has 82 valence electrons. The van der Waals surface area contributed by atoms with Crippen molar-refractivity contribution < 1.29 is 9.13 Å². The Kier molecular flexibility index (Phi) is 3.21. The molecule has 0 bridgehead atoms. The molecule has 2 atom stereocenters. The highest BCUT2D eigenvalue weighted by molar-refractivity contribution is 5.22. The van der Waals surface area contributed by atoms with Gasteiger partial charge in [0.15, 0.2) is 0 Å². The molecule has 1 heterocycles. The summed E-state index contributed by atoms with van der Waals surface area (Å²) in [7, 11) is 0. The van der Waals surface area contributed by atoms with Crippen LogP contribution in [0.15, 0.2) is 24.3 Å². The Balaban J connectivity index is 1.98. The van der Waals surface area contributed by atoms with Gasteiger partial charge in [0, 0.05) is 12.5 Å². The van der Waals surface area contributed by atoms with Crippen LogP contribution in [0.25, 0.3) is 0 Å². The number of benzene rings is 1. The third-order valence-corrected chi connectivity index (χ3v) is 2.81. The van der Waals surface area contributed by atoms with E-state index in [1.165, 1.54) is 12.1 Å². The fourth-order valence-electron chi connectivity index (χ4n) is 1.85. The van der Waals surface area contributed by atoms with E-state index in [0.29, 0.717) is 5.92 Å². The second-order valence-electron chi connectivity index (χ2n) is 4.08. The molecule has 0 radical (unpaired) electrons. The summed E-state index contributed by atoms with van der Waals surface area (Å²) in [4.78, 5) is 0. The molecule has 0 amide bonds. The van der Waals surface area contributed by atoms with Gasteiger partial charge >= 0.3 is 0 Å². The van der Waals surface area contributed by atoms with Gasteiger partial charge in [0.25, 0.3) is 0 Å². The van der Waals surface area contributed by atoms with Crippen LogP contribution in [0.1, 0.15) is 13.3 Å². The Morgan fingerprint density at radius 3 is 2.73 bits per heavy atom. The first-order valence-electron chi connectivity index (χ1n) is 5.38. The summed E-state index contributed by atoms with van der Waals surface area (Å²) in [5, 5.41) is 3.32. The van der Waals surface area contributed by atoms with Gasteiger partial charge in [0.05, 0.1) is 0 Å². The molecule has 0 aliphatic carbocycles. The van der Waals surface area contributed by atoms with E-state index in [9.17, 15) is 4.39 Å². The number of nitrogens with one attached hydrogen (secondary N) is 1. The Morgan fingerprint density at radius 1 is 1.33 bits per heavy atom. The van der Waals surface area contributed by atoms with Crippen LogP contribution in [-0.4, -0.2) is 19.2 Å². The molecular weight excluding hydrogens is 193 g/mol. The zero-order chi connectivity index (χ0) is 10.7. The van der Waals surface area contributed by atoms with E-state index in [0.717, 1.165) is 25.3 Å². The molecule has 1 aromatic carbocycles. The van der Waals surface area contributed by atoms with Crippen LogP contribution in [0.5, 0.6) is 5.75 Å². The highest BCUT2D eigenvalue weighted by atomic mass is 19.1. The molecule has 1 N–H and O–H groups in total. The van der Waals surface area contributed by atoms with E-state index < -0.39 is 0 Å². The van der Waals surface area contributed by atoms with Crippen molar-refractivity contribution >= 4 is 0 Å². The Bertz CT molecular complexity index is 312. The molecule has 2 nitrogen and oxygen atoms in total. The van der Waals surface area contributed by atoms with Crippen molar-refractivity contribution in [2.45, 2.75) is 19.4 Å². The smallest absolute Gasteiger partial charge is 0.123 e. The van der Waals surface area contributed by atoms with Gasteiger partial charge in [0.1, 0.15) is 17.7 Å². The zero-order valence-electron chi connectivity index (χ0n) is 8.87. The van der Waals surface area contributed by atoms with E-state index in [2.05, 4.69) is 12.2 Å². The van der Waals surface area contributed by atoms with Gasteiger partial charge in [-0.2, -0.15) is 0 Å². The fraction of sp³-hybridized carbons (Fsp3) is 0.500. The first-order valence-corrected chi connectivity index (χ1v) is 5.38. The lowest BCUT2D eigenvalue weighted by molar-refractivity contribution is 0.112. The third-order valence-electron chi connectivity index (χ3n) is 2.81. The van der Waals surface area contributed by atoms with Crippen molar-refractivity contribution in [1.82, 2.24) is 5.32 Å². The predicted molar refractivity (Wildman–Crippen MR) is 57.5 cm³/mol. The summed E-state index contributed by atoms with van der Waals surface area (Å²) in [5.74, 6) is 1.04. The van der Waals surface area contributed by atoms with Crippen LogP contribution in [0.4, 0.5) is 4.39 Å². The minimum absolute atomic E-state index is 0.222. The van der Waals surface area contributed by atoms with E-state index in [-0.39, 0.29) is 11.9 Å². The first kappa shape index (κ1) is 10.4. The summed E-state index contributed by atoms with van der Waals surface area (Å²) in [6.07, 6.45) is 1.26. The Morgan fingerprint density at radius 2 is 2.07 bits per heavy atom. The Labute approximate surface area is 89.4 Å². The molecule has 0 saturated carbocycles. The van der Waals surface area contributed by atoms with Crippen LogP contribution < -0.4 is 10.1 Å². The predicted octanol–water partition coefficient (Wildman–Crippen LogP) is 2.20. The standard InChI is InChI=1S/C12H16FNO/c1-9-8-14-7-6-12(9)15-11-4-2-10(13)3-5-11/h2-5,9,12,14H,6-8H2,1H3. The number of piperidine rings is 1. The molecule has 2 rings (SSSR count). The van der Waals surface area contributed by atoms with Crippen molar-refractivity contribution in [2.24, 2.45) is 5.92 Å². The third kappa shape index (κ3) is 2.69. The summed E-state index contributed by atoms with van der Waals surface area (Å²) < 4.78 is 18.5. The lowest BCUT2D eigenvalue weighted by Crippen LogP contribution is -2.41. The Hall–Kier alpha value is -1.09. The second kappa shape index (κ2) is 4.62. The topological polar surface area (TPSA) is 21.3 Å². The highest BCUT2D eigenvalue weighted by Crippen LogP contribution is 2.19. The molecule has 0 aromatic heterocycles. The summed E-state index contributed by atoms with van der Waals surface area (Å²) in [6, 6.07) is 6.23. The number of halogens is 1. The molecule has 15 heavy (non-hydrogen) atoms. The van der Waals surface area contributed by atoms with Crippen LogP contribution >= 0.6 is 0 Å². The lowest BCUT2D eigenvalue weighted by Gasteiger charge is -2.29. The van der Waals surface area contributed by atoms with Crippen molar-refractivity contribution in [3.8, 4) is 5.75 Å². The fourth-order valence-corrected chi connectivity index (χ4v) is 1.85. The van der Waals surface area contributed by atoms with E-state index in [1.54, 1.807) is 12.1 Å². The maximum absolute atomic E-state index is 12.7. The van der Waals surface area contributed by atoms with Gasteiger partial charge in [-0.05, 0) is 37.2 Å². The van der Waals surface area contributed by atoms with Gasteiger partial charge < -0.3 is 10.1 Å². The number of hydrogen-bond donors (Lipinski definition) is 1. The first-order chi connectivity index (χ1) is 7.25. The van der Waals surface area contributed by atoms with Gasteiger partial charge in [-0.15, -0.1) is 0 Å². The zero-order valence-corrected chi connectivity index (χ0v) is 8.87. The molecule has 1 saturated heterocycles. The normalized spacial score (nSPS) is 26.3. The quantitative estimate of drug-likeness (QED) is 0.806. The monoisotopic (exact) mass is 209 g/mol. The molecule has 3 heteroatoms. The molecular formula is C12H16FNO. The average molecular weight is 209 g/mol. The second-order valence-corrected chi connectivity index (χ2v) is 4.08. The maximum atomic E-state index is 12.7. The largest absolute Gasteiger partial charge is 0.490 e. The van der Waals surface area contributed by atoms with E-state index in [1.807, 2.05) is 0 Å². The van der Waals surface area contributed by atoms with Crippen LogP contribution in [0, 0.1) is 11.7 Å². The number of rotatable bonds is 2. The SMILES string of the molecule is CC1CNCCC1Oc1ccc(F)cc1. The van der Waals surface area contributed by atoms with Gasteiger partial charge in [0.2, 0.25) is 0 Å². The van der Waals surface area contributed by atoms with Crippen LogP contribution in [0.2, 0.25) is 0 Å². The van der Waals surface area contributed by atoms with Crippen molar-refractivity contribution in [2.75, 3.05) is 13.1 Å². The molecule has 2 unspecified atom stereocenters. The number of hydrogen-bond acceptors (Lipinski definition) is 2. The van der Waals surface area contributed by atoms with Gasteiger partial charge in [-0.25, -0.2) is 4.39 Å². The maximum Gasteiger partial charge on any atom is 0.123 e. The molecule has 1 aliphatic rings. The summed E-state index contributed by atoms with van der Waals surface area (Å²) in [5.41, 5.74) is 0. The van der Waals surface area contributed by atoms with Crippen molar-refractivity contribution in [1.29, 1.82) is 0 Å². The molecule has 0 spiro atoms. The van der Waals surface area contributed by atoms with Crippen LogP contribution in [-0.2, 0) is 0 Å². The van der Waals surface area contributed by atoms with E-state index in [4.69, 9.17) is 4.74 Å². The van der Waals surface area contributed by atoms with Gasteiger partial charge in [-0.3, -0.25) is 0 Å². The average Bonchev–Trinajstić information content (AvgIpc) is 2.25. The van der Waals surface area contributed by atoms with Crippen molar-refractivity contribution in [3.63, 3.8) is 0 Å². The molecule has 1 aliphatic heterocycles. The van der Waals surface area contributed by atoms with Gasteiger partial charge in [-0.1, -0.05) is 6.92 Å².